The van der Waals surface area contributed by atoms with E-state index in [0.29, 0.717) is 29.9 Å². The molecule has 2 heterocycles. The number of hydrogen-bond donors (Lipinski definition) is 1. The van der Waals surface area contributed by atoms with Crippen LogP contribution in [0.3, 0.4) is 0 Å². The van der Waals surface area contributed by atoms with Crippen molar-refractivity contribution in [1.82, 2.24) is 19.6 Å². The lowest BCUT2D eigenvalue weighted by Crippen LogP contribution is -2.48. The molecule has 1 aliphatic rings. The highest BCUT2D eigenvalue weighted by Gasteiger charge is 2.40. The third kappa shape index (κ3) is 7.92. The summed E-state index contributed by atoms with van der Waals surface area (Å²) in [5.41, 5.74) is 0.461. The molecule has 1 fully saturated rings. The number of aromatic nitrogens is 2. The molecule has 1 saturated carbocycles. The monoisotopic (exact) mass is 602 g/mol. The Hall–Kier alpha value is -3.29. The smallest absolute Gasteiger partial charge is 0.426 e. The predicted octanol–water partition coefficient (Wildman–Crippen LogP) is 5.17. The van der Waals surface area contributed by atoms with Crippen LogP contribution in [0.4, 0.5) is 18.0 Å². The van der Waals surface area contributed by atoms with Crippen molar-refractivity contribution in [2.24, 2.45) is 5.41 Å². The molecule has 0 aromatic carbocycles. The van der Waals surface area contributed by atoms with E-state index in [2.05, 4.69) is 5.43 Å². The average Bonchev–Trinajstić information content (AvgIpc) is 3.11. The topological polar surface area (TPSA) is 112 Å². The van der Waals surface area contributed by atoms with Crippen molar-refractivity contribution in [2.45, 2.75) is 98.6 Å². The second-order valence-corrected chi connectivity index (χ2v) is 12.9. The van der Waals surface area contributed by atoms with Crippen molar-refractivity contribution in [3.8, 4) is 0 Å². The molecule has 1 aliphatic carbocycles. The zero-order valence-corrected chi connectivity index (χ0v) is 25.1. The van der Waals surface area contributed by atoms with Crippen molar-refractivity contribution in [3.05, 3.63) is 43.6 Å². The molecule has 2 aromatic rings. The highest BCUT2D eigenvalue weighted by molar-refractivity contribution is 7.18. The molecule has 41 heavy (non-hydrogen) atoms. The summed E-state index contributed by atoms with van der Waals surface area (Å²) in [5.74, 6) is -0.676. The number of halogens is 3. The molecule has 10 nitrogen and oxygen atoms in total. The molecule has 0 atom stereocenters. The number of aryl methyl sites for hydroxylation is 2. The SMILES string of the molecule is CCO/C=C/C(=O)N(Cc1sc2c(c1C)c(=O)n(C1CC(C)(C)C1)c(=O)n2CCC(F)(F)F)NC(=O)OC(C)(C)C. The number of fused-ring (bicyclic) bond motifs is 1. The lowest BCUT2D eigenvalue weighted by atomic mass is 9.68. The molecule has 2 aromatic heterocycles. The Balaban J connectivity index is 2.11. The van der Waals surface area contributed by atoms with Gasteiger partial charge in [0.25, 0.3) is 11.5 Å². The highest BCUT2D eigenvalue weighted by atomic mass is 32.1. The molecule has 0 saturated heterocycles. The van der Waals surface area contributed by atoms with Gasteiger partial charge >= 0.3 is 18.0 Å². The number of carbonyl (C=O) groups is 2. The normalized spacial score (nSPS) is 15.7. The number of nitrogens with one attached hydrogen (secondary N) is 1. The molecule has 0 spiro atoms. The van der Waals surface area contributed by atoms with Crippen LogP contribution in [0.1, 0.15) is 77.3 Å². The first-order valence-corrected chi connectivity index (χ1v) is 14.1. The summed E-state index contributed by atoms with van der Waals surface area (Å²) in [6.07, 6.45) is -3.35. The molecule has 3 rings (SSSR count). The maximum absolute atomic E-state index is 13.6. The molecule has 0 radical (unpaired) electrons. The molecular weight excluding hydrogens is 565 g/mol. The van der Waals surface area contributed by atoms with Crippen molar-refractivity contribution in [3.63, 3.8) is 0 Å². The van der Waals surface area contributed by atoms with Crippen molar-refractivity contribution in [2.75, 3.05) is 6.61 Å². The second-order valence-electron chi connectivity index (χ2n) is 11.8. The molecular formula is C27H37F3N4O6S. The van der Waals surface area contributed by atoms with E-state index in [-0.39, 0.29) is 22.2 Å². The van der Waals surface area contributed by atoms with Crippen LogP contribution in [0.25, 0.3) is 10.2 Å². The van der Waals surface area contributed by atoms with Crippen molar-refractivity contribution >= 4 is 33.6 Å². The lowest BCUT2D eigenvalue weighted by molar-refractivity contribution is -0.136. The van der Waals surface area contributed by atoms with E-state index in [1.165, 1.54) is 0 Å². The van der Waals surface area contributed by atoms with Gasteiger partial charge < -0.3 is 9.47 Å². The van der Waals surface area contributed by atoms with Gasteiger partial charge in [0.1, 0.15) is 10.4 Å². The predicted molar refractivity (Wildman–Crippen MR) is 148 cm³/mol. The number of nitrogens with zero attached hydrogens (tertiary/aromatic N) is 3. The third-order valence-electron chi connectivity index (χ3n) is 6.57. The van der Waals surface area contributed by atoms with Crippen LogP contribution < -0.4 is 16.7 Å². The first-order chi connectivity index (χ1) is 18.8. The first-order valence-electron chi connectivity index (χ1n) is 13.3. The van der Waals surface area contributed by atoms with Gasteiger partial charge in [0, 0.05) is 23.5 Å². The Morgan fingerprint density at radius 2 is 1.83 bits per heavy atom. The van der Waals surface area contributed by atoms with Gasteiger partial charge in [-0.2, -0.15) is 13.2 Å². The van der Waals surface area contributed by atoms with Crippen LogP contribution in [0.5, 0.6) is 0 Å². The summed E-state index contributed by atoms with van der Waals surface area (Å²) in [6, 6.07) is -0.426. The van der Waals surface area contributed by atoms with E-state index in [9.17, 15) is 32.3 Å². The minimum atomic E-state index is -4.52. The quantitative estimate of drug-likeness (QED) is 0.254. The van der Waals surface area contributed by atoms with Crippen LogP contribution in [0, 0.1) is 12.3 Å². The average molecular weight is 603 g/mol. The molecule has 0 aliphatic heterocycles. The summed E-state index contributed by atoms with van der Waals surface area (Å²) in [7, 11) is 0. The zero-order chi connectivity index (χ0) is 30.9. The molecule has 14 heteroatoms. The fourth-order valence-electron chi connectivity index (χ4n) is 4.74. The minimum absolute atomic E-state index is 0.0844. The maximum Gasteiger partial charge on any atom is 0.426 e. The summed E-state index contributed by atoms with van der Waals surface area (Å²) in [6.45, 7) is 11.7. The lowest BCUT2D eigenvalue weighted by Gasteiger charge is -2.43. The number of rotatable bonds is 8. The van der Waals surface area contributed by atoms with Gasteiger partial charge in [-0.05, 0) is 58.4 Å². The number of thiophene rings is 1. The van der Waals surface area contributed by atoms with Crippen LogP contribution in [-0.4, -0.2) is 44.5 Å². The van der Waals surface area contributed by atoms with E-state index < -0.39 is 54.0 Å². The first kappa shape index (κ1) is 32.2. The van der Waals surface area contributed by atoms with Gasteiger partial charge in [-0.25, -0.2) is 20.0 Å². The third-order valence-corrected chi connectivity index (χ3v) is 7.87. The Morgan fingerprint density at radius 1 is 1.20 bits per heavy atom. The number of amides is 2. The fourth-order valence-corrected chi connectivity index (χ4v) is 6.04. The van der Waals surface area contributed by atoms with Crippen LogP contribution in [0.15, 0.2) is 21.9 Å². The second kappa shape index (κ2) is 11.9. The summed E-state index contributed by atoms with van der Waals surface area (Å²) >= 11 is 0.931. The zero-order valence-electron chi connectivity index (χ0n) is 24.3. The largest absolute Gasteiger partial charge is 0.501 e. The summed E-state index contributed by atoms with van der Waals surface area (Å²) in [4.78, 5) is 53.0. The molecule has 0 unspecified atom stereocenters. The van der Waals surface area contributed by atoms with E-state index in [1.807, 2.05) is 13.8 Å². The van der Waals surface area contributed by atoms with Gasteiger partial charge in [-0.3, -0.25) is 18.7 Å². The van der Waals surface area contributed by atoms with Crippen molar-refractivity contribution < 1.29 is 32.2 Å². The van der Waals surface area contributed by atoms with Crippen molar-refractivity contribution in [1.29, 1.82) is 0 Å². The van der Waals surface area contributed by atoms with E-state index in [1.54, 1.807) is 34.6 Å². The van der Waals surface area contributed by atoms with Gasteiger partial charge in [-0.15, -0.1) is 11.3 Å². The Labute approximate surface area is 239 Å². The summed E-state index contributed by atoms with van der Waals surface area (Å²) in [5, 5.41) is 1.07. The molecule has 0 bridgehead atoms. The van der Waals surface area contributed by atoms with Gasteiger partial charge in [0.05, 0.1) is 31.2 Å². The van der Waals surface area contributed by atoms with Gasteiger partial charge in [-0.1, -0.05) is 13.8 Å². The Kier molecular flexibility index (Phi) is 9.36. The van der Waals surface area contributed by atoms with E-state index in [0.717, 1.165) is 37.8 Å². The number of carbonyl (C=O) groups excluding carboxylic acids is 2. The van der Waals surface area contributed by atoms with Crippen LogP contribution in [0.2, 0.25) is 0 Å². The highest BCUT2D eigenvalue weighted by Crippen LogP contribution is 2.47. The van der Waals surface area contributed by atoms with Gasteiger partial charge in [0.15, 0.2) is 0 Å². The van der Waals surface area contributed by atoms with Crippen LogP contribution >= 0.6 is 11.3 Å². The maximum atomic E-state index is 13.6. The number of hydrazine groups is 1. The standard InChI is InChI=1S/C27H37F3N4O6S/c1-8-39-12-9-19(35)33(31-23(37)40-25(3,4)5)15-18-16(2)20-21(36)34(17-13-26(6,7)14-17)24(38)32(22(20)41-18)11-10-27(28,29)30/h9,12,17H,8,10-11,13-15H2,1-7H3,(H,31,37)/b12-9+. The molecule has 228 valence electrons. The number of hydrogen-bond acceptors (Lipinski definition) is 7. The van der Waals surface area contributed by atoms with E-state index in [4.69, 9.17) is 9.47 Å². The molecule has 2 amide bonds. The molecule has 1 N–H and O–H groups in total. The number of ether oxygens (including phenoxy) is 2. The van der Waals surface area contributed by atoms with Crippen LogP contribution in [-0.2, 0) is 27.4 Å². The van der Waals surface area contributed by atoms with Gasteiger partial charge in [0.2, 0.25) is 0 Å². The number of alkyl halides is 3. The Morgan fingerprint density at radius 3 is 2.37 bits per heavy atom. The fraction of sp³-hybridized carbons (Fsp3) is 0.630. The Bertz CT molecular complexity index is 1440. The minimum Gasteiger partial charge on any atom is -0.501 e. The van der Waals surface area contributed by atoms with E-state index >= 15 is 0 Å². The summed E-state index contributed by atoms with van der Waals surface area (Å²) < 4.78 is 52.0.